The number of likely N-dealkylation sites (tertiary alicyclic amines) is 2. The fourth-order valence-electron chi connectivity index (χ4n) is 14.2. The predicted octanol–water partition coefficient (Wildman–Crippen LogP) is 8.27. The van der Waals surface area contributed by atoms with Gasteiger partial charge < -0.3 is 25.0 Å². The second-order valence-electron chi connectivity index (χ2n) is 23.4. The fraction of sp³-hybridized carbons (Fsp3) is 0.517. The monoisotopic (exact) mass is 1050 g/mol. The molecule has 6 saturated heterocycles. The van der Waals surface area contributed by atoms with Crippen molar-refractivity contribution in [1.29, 1.82) is 0 Å². The first kappa shape index (κ1) is 49.4. The molecule has 4 bridgehead atoms. The van der Waals surface area contributed by atoms with E-state index in [0.717, 1.165) is 64.7 Å². The summed E-state index contributed by atoms with van der Waals surface area (Å²) in [7, 11) is 0. The molecule has 4 unspecified atom stereocenters. The molecule has 6 aliphatic heterocycles. The molecule has 13 rings (SSSR count). The minimum absolute atomic E-state index is 0.0351. The highest BCUT2D eigenvalue weighted by Gasteiger charge is 2.49. The van der Waals surface area contributed by atoms with Gasteiger partial charge >= 0.3 is 12.0 Å². The molecule has 2 aliphatic carbocycles. The number of nitrogens with one attached hydrogen (secondary N) is 2. The third-order valence-corrected chi connectivity index (χ3v) is 18.9. The number of anilines is 2. The molecule has 8 aliphatic rings. The number of amides is 4. The number of aromatic hydroxyl groups is 1. The van der Waals surface area contributed by atoms with Gasteiger partial charge in [-0.2, -0.15) is 9.97 Å². The van der Waals surface area contributed by atoms with Crippen LogP contribution < -0.4 is 25.2 Å². The summed E-state index contributed by atoms with van der Waals surface area (Å²) in [4.78, 5) is 63.5. The number of nitrogens with zero attached hydrogens (tertiary/aromatic N) is 8. The Morgan fingerprint density at radius 3 is 2.36 bits per heavy atom. The Hall–Kier alpha value is -6.19. The lowest BCUT2D eigenvalue weighted by Gasteiger charge is -2.48. The molecule has 396 valence electrons. The maximum Gasteiger partial charge on any atom is 0.328 e. The van der Waals surface area contributed by atoms with Crippen molar-refractivity contribution in [3.63, 3.8) is 0 Å². The van der Waals surface area contributed by atoms with Crippen molar-refractivity contribution in [2.45, 2.75) is 108 Å². The number of carbonyl (C=O) groups excluding carboxylic acids is 3. The topological polar surface area (TPSA) is 160 Å². The van der Waals surface area contributed by atoms with E-state index < -0.39 is 17.7 Å². The molecular weight excluding hydrogens is 990 g/mol. The number of terminal acetylenes is 1. The Labute approximate surface area is 445 Å². The van der Waals surface area contributed by atoms with Crippen molar-refractivity contribution in [1.82, 2.24) is 40.3 Å². The summed E-state index contributed by atoms with van der Waals surface area (Å²) < 4.78 is 38.9. The number of benzene rings is 3. The number of carbonyl (C=O) groups is 3. The molecular formula is C58H63ClF2N10O5. The highest BCUT2D eigenvalue weighted by atomic mass is 35.5. The SMILES string of the molecule is C#Cc1c(F)ccc2cc(O)cc(-c3ncc4c(N5CC6CCC(C5)N6)nc(OCC5(CN6CC7CCC(C6)N7CC6CCC7(CC6)CCN(C(=O)c6ccc(Cl)c(N8CCC(=O)NC8=O)c6)CC7)CC5)nc4c3F)c12. The summed E-state index contributed by atoms with van der Waals surface area (Å²) in [6, 6.07) is 11.9. The smallest absolute Gasteiger partial charge is 0.328 e. The number of halogens is 3. The van der Waals surface area contributed by atoms with E-state index in [0.29, 0.717) is 95.7 Å². The maximum atomic E-state index is 17.2. The standard InChI is InChI=1S/C58H63ClF2N10O5/c1-2-42-46(60)10-4-35-23-41(72)25-43(49(35)42)51-50(61)52-44(26-62-51)53(69-28-37-5-6-38(29-69)63-37)66-55(65-52)76-33-58(16-17-58)32-67-30-39-7-8-40(31-67)71(39)27-34-11-14-57(15-12-34)18-21-68(22-19-57)54(74)36-3-9-45(59)47(24-36)70-20-13-48(73)64-56(70)75/h1,3-4,9-10,23-26,34,37-40,63,72H,5-8,11-22,27-33H2,(H,64,73,75). The van der Waals surface area contributed by atoms with E-state index >= 15 is 8.78 Å². The normalized spacial score (nSPS) is 25.4. The number of piperidine rings is 1. The van der Waals surface area contributed by atoms with Gasteiger partial charge in [-0.05, 0) is 130 Å². The first-order valence-corrected chi connectivity index (χ1v) is 27.8. The molecule has 8 fully saturated rings. The molecule has 0 radical (unpaired) electrons. The largest absolute Gasteiger partial charge is 0.508 e. The van der Waals surface area contributed by atoms with E-state index in [-0.39, 0.29) is 75.1 Å². The summed E-state index contributed by atoms with van der Waals surface area (Å²) in [6.07, 6.45) is 21.0. The van der Waals surface area contributed by atoms with Crippen LogP contribution in [0.25, 0.3) is 32.9 Å². The summed E-state index contributed by atoms with van der Waals surface area (Å²) in [5.74, 6) is 1.82. The molecule has 76 heavy (non-hydrogen) atoms. The Morgan fingerprint density at radius 1 is 0.895 bits per heavy atom. The third kappa shape index (κ3) is 9.16. The van der Waals surface area contributed by atoms with E-state index in [2.05, 4.69) is 36.2 Å². The Bertz CT molecular complexity index is 3200. The Morgan fingerprint density at radius 2 is 1.64 bits per heavy atom. The molecule has 3 N–H and O–H groups in total. The average Bonchev–Trinajstić information content (AvgIpc) is 4.06. The number of imide groups is 1. The van der Waals surface area contributed by atoms with E-state index in [9.17, 15) is 19.5 Å². The van der Waals surface area contributed by atoms with Gasteiger partial charge in [0.25, 0.3) is 5.91 Å². The number of rotatable bonds is 11. The van der Waals surface area contributed by atoms with Crippen LogP contribution in [0.4, 0.5) is 25.1 Å². The van der Waals surface area contributed by atoms with Crippen LogP contribution in [0, 0.1) is 40.7 Å². The third-order valence-electron chi connectivity index (χ3n) is 18.6. The first-order chi connectivity index (χ1) is 36.8. The zero-order valence-corrected chi connectivity index (χ0v) is 43.4. The van der Waals surface area contributed by atoms with Gasteiger partial charge in [-0.25, -0.2) is 13.6 Å². The number of piperazine rings is 2. The fourth-order valence-corrected chi connectivity index (χ4v) is 14.5. The zero-order valence-electron chi connectivity index (χ0n) is 42.6. The van der Waals surface area contributed by atoms with Crippen molar-refractivity contribution in [2.75, 3.05) is 75.3 Å². The van der Waals surface area contributed by atoms with Crippen LogP contribution in [0.3, 0.4) is 0 Å². The minimum atomic E-state index is -0.723. The van der Waals surface area contributed by atoms with Gasteiger partial charge in [0.1, 0.15) is 28.6 Å². The molecule has 5 aromatic rings. The molecule has 3 aromatic carbocycles. The van der Waals surface area contributed by atoms with Gasteiger partial charge in [-0.15, -0.1) is 6.42 Å². The molecule has 1 spiro atoms. The van der Waals surface area contributed by atoms with Crippen LogP contribution in [-0.2, 0) is 4.79 Å². The quantitative estimate of drug-likeness (QED) is 0.109. The van der Waals surface area contributed by atoms with Crippen molar-refractivity contribution in [3.05, 3.63) is 76.4 Å². The van der Waals surface area contributed by atoms with Crippen LogP contribution in [0.2, 0.25) is 5.02 Å². The van der Waals surface area contributed by atoms with Gasteiger partial charge in [-0.3, -0.25) is 34.6 Å². The number of phenolic OH excluding ortho intramolecular Hbond substituents is 1. The van der Waals surface area contributed by atoms with Crippen LogP contribution in [0.5, 0.6) is 11.8 Å². The van der Waals surface area contributed by atoms with Crippen LogP contribution in [-0.4, -0.2) is 142 Å². The summed E-state index contributed by atoms with van der Waals surface area (Å²) >= 11 is 6.48. The van der Waals surface area contributed by atoms with Gasteiger partial charge in [0.15, 0.2) is 5.82 Å². The van der Waals surface area contributed by atoms with Crippen LogP contribution >= 0.6 is 11.6 Å². The number of fused-ring (bicyclic) bond motifs is 6. The minimum Gasteiger partial charge on any atom is -0.508 e. The molecule has 4 amide bonds. The predicted molar refractivity (Wildman–Crippen MR) is 286 cm³/mol. The van der Waals surface area contributed by atoms with Gasteiger partial charge in [0.2, 0.25) is 5.91 Å². The van der Waals surface area contributed by atoms with Crippen molar-refractivity contribution in [2.24, 2.45) is 16.7 Å². The molecule has 2 aromatic heterocycles. The number of urea groups is 1. The van der Waals surface area contributed by atoms with E-state index in [1.54, 1.807) is 24.4 Å². The van der Waals surface area contributed by atoms with Crippen LogP contribution in [0.1, 0.15) is 99.4 Å². The van der Waals surface area contributed by atoms with Gasteiger partial charge in [-0.1, -0.05) is 23.6 Å². The molecule has 8 heterocycles. The van der Waals surface area contributed by atoms with Crippen molar-refractivity contribution < 1.29 is 33.0 Å². The molecule has 2 saturated carbocycles. The second-order valence-corrected chi connectivity index (χ2v) is 23.8. The second kappa shape index (κ2) is 19.4. The number of hydrogen-bond donors (Lipinski definition) is 3. The molecule has 18 heteroatoms. The van der Waals surface area contributed by atoms with E-state index in [1.807, 2.05) is 4.90 Å². The lowest BCUT2D eigenvalue weighted by molar-refractivity contribution is -0.120. The van der Waals surface area contributed by atoms with E-state index in [1.165, 1.54) is 67.7 Å². The molecule has 15 nitrogen and oxygen atoms in total. The zero-order chi connectivity index (χ0) is 52.0. The first-order valence-electron chi connectivity index (χ1n) is 27.4. The Balaban J connectivity index is 0.644. The molecule has 4 atom stereocenters. The van der Waals surface area contributed by atoms with Crippen molar-refractivity contribution in [3.8, 4) is 35.4 Å². The number of hydrogen-bond acceptors (Lipinski definition) is 12. The van der Waals surface area contributed by atoms with Gasteiger partial charge in [0, 0.05) is 118 Å². The highest BCUT2D eigenvalue weighted by molar-refractivity contribution is 6.34. The lowest BCUT2D eigenvalue weighted by atomic mass is 9.65. The maximum absolute atomic E-state index is 17.2. The van der Waals surface area contributed by atoms with Crippen molar-refractivity contribution >= 4 is 62.6 Å². The summed E-state index contributed by atoms with van der Waals surface area (Å²) in [5.41, 5.74) is 1.25. The number of aromatic nitrogens is 3. The van der Waals surface area contributed by atoms with Crippen LogP contribution in [0.15, 0.2) is 48.7 Å². The summed E-state index contributed by atoms with van der Waals surface area (Å²) in [6.45, 7) is 7.63. The number of pyridine rings is 1. The number of ether oxygens (including phenoxy) is 1. The average molecular weight is 1050 g/mol. The number of phenols is 1. The Kier molecular flexibility index (Phi) is 12.6. The summed E-state index contributed by atoms with van der Waals surface area (Å²) in [5, 5.41) is 18.3. The highest BCUT2D eigenvalue weighted by Crippen LogP contribution is 2.50. The van der Waals surface area contributed by atoms with Gasteiger partial charge in [0.05, 0.1) is 28.3 Å². The lowest BCUT2D eigenvalue weighted by Crippen LogP contribution is -2.56. The van der Waals surface area contributed by atoms with E-state index in [4.69, 9.17) is 32.7 Å².